The average Bonchev–Trinajstić information content (AvgIpc) is 3.40. The predicted octanol–water partition coefficient (Wildman–Crippen LogP) is 5.02. The number of oxazole rings is 1. The van der Waals surface area contributed by atoms with Crippen LogP contribution in [0.3, 0.4) is 0 Å². The Labute approximate surface area is 237 Å². The standard InChI is InChI=1S/C26H30Cl2N4O6S/c1-26(2,3)38-25(34)31-15-23(33)30-12-5-13-39(35,36)32(16-19-6-4-7-21(27)24(19)28)20-10-8-18(9-11-20)22-14-29-17-37-22/h4,6-11,14,17H,5,12-13,15-16H2,1-3H3,(H,30,33)(H,31,34). The Morgan fingerprint density at radius 1 is 1.08 bits per heavy atom. The molecular formula is C26H30Cl2N4O6S. The van der Waals surface area contributed by atoms with Crippen molar-refractivity contribution in [3.05, 3.63) is 70.7 Å². The topological polar surface area (TPSA) is 131 Å². The van der Waals surface area contributed by atoms with Crippen LogP contribution in [-0.4, -0.2) is 49.8 Å². The van der Waals surface area contributed by atoms with Gasteiger partial charge in [-0.05, 0) is 63.1 Å². The lowest BCUT2D eigenvalue weighted by molar-refractivity contribution is -0.120. The van der Waals surface area contributed by atoms with Crippen molar-refractivity contribution in [1.82, 2.24) is 15.6 Å². The van der Waals surface area contributed by atoms with Gasteiger partial charge in [0.05, 0.1) is 40.8 Å². The Hall–Kier alpha value is -3.28. The van der Waals surface area contributed by atoms with E-state index in [4.69, 9.17) is 32.4 Å². The zero-order valence-corrected chi connectivity index (χ0v) is 24.1. The molecular weight excluding hydrogens is 567 g/mol. The molecule has 0 fully saturated rings. The Morgan fingerprint density at radius 2 is 1.79 bits per heavy atom. The van der Waals surface area contributed by atoms with Gasteiger partial charge in [0.2, 0.25) is 15.9 Å². The highest BCUT2D eigenvalue weighted by molar-refractivity contribution is 7.92. The molecule has 2 amide bonds. The molecule has 3 rings (SSSR count). The highest BCUT2D eigenvalue weighted by Gasteiger charge is 2.24. The van der Waals surface area contributed by atoms with E-state index in [2.05, 4.69) is 15.6 Å². The monoisotopic (exact) mass is 596 g/mol. The maximum atomic E-state index is 13.5. The first-order valence-electron chi connectivity index (χ1n) is 12.0. The molecule has 0 bridgehead atoms. The van der Waals surface area contributed by atoms with Crippen LogP contribution in [0.5, 0.6) is 0 Å². The number of nitrogens with zero attached hydrogens (tertiary/aromatic N) is 2. The first kappa shape index (κ1) is 30.3. The summed E-state index contributed by atoms with van der Waals surface area (Å²) in [6.07, 6.45) is 2.29. The molecule has 0 unspecified atom stereocenters. The predicted molar refractivity (Wildman–Crippen MR) is 150 cm³/mol. The number of rotatable bonds is 11. The van der Waals surface area contributed by atoms with Gasteiger partial charge in [0.25, 0.3) is 0 Å². The Bertz CT molecular complexity index is 1370. The zero-order chi connectivity index (χ0) is 28.6. The van der Waals surface area contributed by atoms with Crippen LogP contribution in [0.15, 0.2) is 59.5 Å². The summed E-state index contributed by atoms with van der Waals surface area (Å²) in [4.78, 5) is 27.6. The van der Waals surface area contributed by atoms with Gasteiger partial charge in [0.15, 0.2) is 12.2 Å². The summed E-state index contributed by atoms with van der Waals surface area (Å²) in [6.45, 7) is 4.88. The third-order valence-corrected chi connectivity index (χ3v) is 7.92. The fraction of sp³-hybridized carbons (Fsp3) is 0.346. The summed E-state index contributed by atoms with van der Waals surface area (Å²) in [5, 5.41) is 5.53. The molecule has 13 heteroatoms. The van der Waals surface area contributed by atoms with Gasteiger partial charge in [-0.3, -0.25) is 9.10 Å². The van der Waals surface area contributed by atoms with Crippen LogP contribution in [0.2, 0.25) is 10.0 Å². The number of sulfonamides is 1. The molecule has 0 aliphatic heterocycles. The molecule has 2 aromatic carbocycles. The van der Waals surface area contributed by atoms with Crippen molar-refractivity contribution in [2.45, 2.75) is 39.3 Å². The summed E-state index contributed by atoms with van der Waals surface area (Å²) in [5.74, 6) is -0.177. The zero-order valence-electron chi connectivity index (χ0n) is 21.7. The molecule has 3 aromatic rings. The van der Waals surface area contributed by atoms with Crippen LogP contribution in [-0.2, 0) is 26.1 Å². The van der Waals surface area contributed by atoms with Crippen LogP contribution in [0, 0.1) is 0 Å². The number of ether oxygens (including phenoxy) is 1. The van der Waals surface area contributed by atoms with E-state index in [0.717, 1.165) is 5.56 Å². The third-order valence-electron chi connectivity index (χ3n) is 5.25. The van der Waals surface area contributed by atoms with Crippen molar-refractivity contribution >= 4 is 50.9 Å². The van der Waals surface area contributed by atoms with E-state index in [1.165, 1.54) is 10.7 Å². The maximum Gasteiger partial charge on any atom is 0.408 e. The van der Waals surface area contributed by atoms with Crippen molar-refractivity contribution in [1.29, 1.82) is 0 Å². The van der Waals surface area contributed by atoms with Crippen molar-refractivity contribution in [2.24, 2.45) is 0 Å². The molecule has 210 valence electrons. The van der Waals surface area contributed by atoms with E-state index in [1.54, 1.807) is 69.4 Å². The molecule has 0 atom stereocenters. The second-order valence-corrected chi connectivity index (χ2v) is 12.3. The minimum absolute atomic E-state index is 0.0461. The molecule has 0 spiro atoms. The first-order chi connectivity index (χ1) is 18.4. The van der Waals surface area contributed by atoms with Crippen LogP contribution < -0.4 is 14.9 Å². The van der Waals surface area contributed by atoms with Crippen molar-refractivity contribution in [3.63, 3.8) is 0 Å². The normalized spacial score (nSPS) is 11.6. The van der Waals surface area contributed by atoms with Crippen LogP contribution in [0.25, 0.3) is 11.3 Å². The molecule has 10 nitrogen and oxygen atoms in total. The molecule has 1 aromatic heterocycles. The van der Waals surface area contributed by atoms with Gasteiger partial charge >= 0.3 is 6.09 Å². The van der Waals surface area contributed by atoms with Gasteiger partial charge in [-0.15, -0.1) is 0 Å². The van der Waals surface area contributed by atoms with E-state index in [9.17, 15) is 18.0 Å². The molecule has 0 radical (unpaired) electrons. The molecule has 0 aliphatic carbocycles. The fourth-order valence-electron chi connectivity index (χ4n) is 3.45. The van der Waals surface area contributed by atoms with Crippen LogP contribution in [0.1, 0.15) is 32.8 Å². The number of halogens is 2. The lowest BCUT2D eigenvalue weighted by Crippen LogP contribution is -2.40. The van der Waals surface area contributed by atoms with Crippen molar-refractivity contribution in [2.75, 3.05) is 23.1 Å². The number of nitrogens with one attached hydrogen (secondary N) is 2. The lowest BCUT2D eigenvalue weighted by Gasteiger charge is -2.25. The Morgan fingerprint density at radius 3 is 2.44 bits per heavy atom. The number of anilines is 1. The summed E-state index contributed by atoms with van der Waals surface area (Å²) >= 11 is 12.5. The quantitative estimate of drug-likeness (QED) is 0.297. The summed E-state index contributed by atoms with van der Waals surface area (Å²) in [6, 6.07) is 11.8. The summed E-state index contributed by atoms with van der Waals surface area (Å²) in [5.41, 5.74) is 0.998. The van der Waals surface area contributed by atoms with Gasteiger partial charge < -0.3 is 19.8 Å². The smallest absolute Gasteiger partial charge is 0.408 e. The number of amides is 2. The second kappa shape index (κ2) is 13.2. The van der Waals surface area contributed by atoms with Gasteiger partial charge in [0.1, 0.15) is 5.60 Å². The minimum atomic E-state index is -3.86. The number of carbonyl (C=O) groups is 2. The van der Waals surface area contributed by atoms with E-state index in [1.807, 2.05) is 0 Å². The van der Waals surface area contributed by atoms with E-state index < -0.39 is 27.6 Å². The molecule has 39 heavy (non-hydrogen) atoms. The van der Waals surface area contributed by atoms with E-state index in [-0.39, 0.29) is 36.8 Å². The SMILES string of the molecule is CC(C)(C)OC(=O)NCC(=O)NCCCS(=O)(=O)N(Cc1cccc(Cl)c1Cl)c1ccc(-c2cnco2)cc1. The summed E-state index contributed by atoms with van der Waals surface area (Å²) in [7, 11) is -3.86. The first-order valence-corrected chi connectivity index (χ1v) is 14.4. The van der Waals surface area contributed by atoms with Crippen LogP contribution in [0.4, 0.5) is 10.5 Å². The third kappa shape index (κ3) is 9.15. The largest absolute Gasteiger partial charge is 0.444 e. The molecule has 2 N–H and O–H groups in total. The number of aromatic nitrogens is 1. The number of benzene rings is 2. The van der Waals surface area contributed by atoms with Crippen molar-refractivity contribution < 1.29 is 27.2 Å². The van der Waals surface area contributed by atoms with Crippen LogP contribution >= 0.6 is 23.2 Å². The lowest BCUT2D eigenvalue weighted by atomic mass is 10.1. The Balaban J connectivity index is 1.66. The fourth-order valence-corrected chi connectivity index (χ4v) is 5.34. The number of alkyl carbamates (subject to hydrolysis) is 1. The van der Waals surface area contributed by atoms with Gasteiger partial charge in [-0.25, -0.2) is 18.2 Å². The number of carbonyl (C=O) groups excluding carboxylic acids is 2. The number of hydrogen-bond acceptors (Lipinski definition) is 7. The molecule has 0 aliphatic rings. The maximum absolute atomic E-state index is 13.5. The van der Waals surface area contributed by atoms with Gasteiger partial charge in [-0.1, -0.05) is 35.3 Å². The van der Waals surface area contributed by atoms with Gasteiger partial charge in [0, 0.05) is 12.1 Å². The highest BCUT2D eigenvalue weighted by Crippen LogP contribution is 2.31. The second-order valence-electron chi connectivity index (χ2n) is 9.51. The Kier molecular flexibility index (Phi) is 10.2. The molecule has 0 saturated carbocycles. The average molecular weight is 598 g/mol. The molecule has 1 heterocycles. The van der Waals surface area contributed by atoms with Gasteiger partial charge in [-0.2, -0.15) is 0 Å². The molecule has 0 saturated heterocycles. The van der Waals surface area contributed by atoms with Crippen molar-refractivity contribution in [3.8, 4) is 11.3 Å². The highest BCUT2D eigenvalue weighted by atomic mass is 35.5. The van der Waals surface area contributed by atoms with E-state index >= 15 is 0 Å². The minimum Gasteiger partial charge on any atom is -0.444 e. The summed E-state index contributed by atoms with van der Waals surface area (Å²) < 4.78 is 38.6. The number of hydrogen-bond donors (Lipinski definition) is 2. The van der Waals surface area contributed by atoms with E-state index in [0.29, 0.717) is 22.0 Å².